The van der Waals surface area contributed by atoms with Crippen molar-refractivity contribution in [2.24, 2.45) is 0 Å². The van der Waals surface area contributed by atoms with Gasteiger partial charge in [-0.05, 0) is 76.2 Å². The number of amides is 1. The fourth-order valence-electron chi connectivity index (χ4n) is 4.55. The van der Waals surface area contributed by atoms with Crippen molar-refractivity contribution in [3.63, 3.8) is 0 Å². The van der Waals surface area contributed by atoms with Crippen LogP contribution in [-0.4, -0.2) is 47.3 Å². The monoisotopic (exact) mass is 426 g/mol. The zero-order chi connectivity index (χ0) is 24.7. The molecule has 1 atom stereocenters. The molecule has 166 valence electrons. The largest absolute Gasteiger partial charge is 0.497 e. The van der Waals surface area contributed by atoms with Gasteiger partial charge in [0.2, 0.25) is 0 Å². The summed E-state index contributed by atoms with van der Waals surface area (Å²) in [6.45, 7) is 4.96. The molecule has 1 unspecified atom stereocenters. The van der Waals surface area contributed by atoms with Crippen LogP contribution in [0.15, 0.2) is 36.4 Å². The summed E-state index contributed by atoms with van der Waals surface area (Å²) in [4.78, 5) is 21.5. The highest BCUT2D eigenvalue weighted by molar-refractivity contribution is 5.69. The molecule has 31 heavy (non-hydrogen) atoms. The van der Waals surface area contributed by atoms with Crippen LogP contribution in [0.25, 0.3) is 0 Å². The second-order valence-electron chi connectivity index (χ2n) is 9.49. The normalized spacial score (nSPS) is 22.5. The lowest BCUT2D eigenvalue weighted by atomic mass is 9.84. The van der Waals surface area contributed by atoms with E-state index in [1.54, 1.807) is 18.1 Å². The van der Waals surface area contributed by atoms with Crippen LogP contribution in [0.4, 0.5) is 10.6 Å². The molecule has 1 spiro atoms. The molecule has 1 aromatic heterocycles. The van der Waals surface area contributed by atoms with E-state index in [-0.39, 0.29) is 17.3 Å². The number of aromatic nitrogens is 1. The second-order valence-corrected chi connectivity index (χ2v) is 9.49. The molecule has 2 aromatic rings. The van der Waals surface area contributed by atoms with Crippen LogP contribution in [0.5, 0.6) is 5.75 Å². The average molecular weight is 427 g/mol. The molecular weight excluding hydrogens is 390 g/mol. The van der Waals surface area contributed by atoms with Gasteiger partial charge in [0, 0.05) is 29.4 Å². The summed E-state index contributed by atoms with van der Waals surface area (Å²) in [7, 11) is 1.63. The Morgan fingerprint density at radius 3 is 2.65 bits per heavy atom. The van der Waals surface area contributed by atoms with Crippen LogP contribution < -0.4 is 9.64 Å². The Morgan fingerprint density at radius 1 is 1.19 bits per heavy atom. The van der Waals surface area contributed by atoms with Gasteiger partial charge in [0.25, 0.3) is 0 Å². The predicted octanol–water partition coefficient (Wildman–Crippen LogP) is 4.73. The number of anilines is 1. The molecular formula is C25H33N3O3. The first-order valence-corrected chi connectivity index (χ1v) is 10.8. The summed E-state index contributed by atoms with van der Waals surface area (Å²) >= 11 is 0. The summed E-state index contributed by atoms with van der Waals surface area (Å²) in [6.07, 6.45) is 2.08. The Labute approximate surface area is 189 Å². The molecule has 0 saturated carbocycles. The molecule has 1 saturated heterocycles. The first-order valence-electron chi connectivity index (χ1n) is 12.3. The molecule has 1 aromatic carbocycles. The van der Waals surface area contributed by atoms with E-state index in [1.807, 2.05) is 51.1 Å². The lowest BCUT2D eigenvalue weighted by Gasteiger charge is -2.46. The Balaban J connectivity index is 1.70. The van der Waals surface area contributed by atoms with Gasteiger partial charge < -0.3 is 19.3 Å². The van der Waals surface area contributed by atoms with Crippen molar-refractivity contribution in [1.82, 2.24) is 9.88 Å². The first-order chi connectivity index (χ1) is 15.9. The van der Waals surface area contributed by atoms with E-state index in [4.69, 9.17) is 13.6 Å². The number of ether oxygens (including phenoxy) is 2. The molecule has 0 bridgehead atoms. The van der Waals surface area contributed by atoms with E-state index in [2.05, 4.69) is 9.88 Å². The van der Waals surface area contributed by atoms with E-state index >= 15 is 0 Å². The fourth-order valence-corrected chi connectivity index (χ4v) is 4.55. The Hall–Kier alpha value is -2.76. The number of aryl methyl sites for hydroxylation is 2. The summed E-state index contributed by atoms with van der Waals surface area (Å²) in [5.41, 5.74) is 1.27. The van der Waals surface area contributed by atoms with Gasteiger partial charge in [0.15, 0.2) is 0 Å². The number of hydrogen-bond donors (Lipinski definition) is 0. The summed E-state index contributed by atoms with van der Waals surface area (Å²) in [6, 6.07) is 11.3. The molecule has 6 heteroatoms. The molecule has 0 N–H and O–H groups in total. The van der Waals surface area contributed by atoms with Crippen LogP contribution in [0.1, 0.15) is 54.5 Å². The summed E-state index contributed by atoms with van der Waals surface area (Å²) < 4.78 is 34.5. The smallest absolute Gasteiger partial charge is 0.410 e. The zero-order valence-corrected chi connectivity index (χ0v) is 18.8. The van der Waals surface area contributed by atoms with Crippen molar-refractivity contribution < 1.29 is 18.4 Å². The van der Waals surface area contributed by atoms with Gasteiger partial charge >= 0.3 is 6.09 Å². The molecule has 0 aliphatic carbocycles. The predicted molar refractivity (Wildman–Crippen MR) is 122 cm³/mol. The highest BCUT2D eigenvalue weighted by Crippen LogP contribution is 2.42. The van der Waals surface area contributed by atoms with E-state index < -0.39 is 12.5 Å². The average Bonchev–Trinajstić information content (AvgIpc) is 3.19. The Bertz CT molecular complexity index is 1050. The number of methoxy groups -OCH3 is 1. The number of hydrogen-bond acceptors (Lipinski definition) is 5. The molecule has 6 nitrogen and oxygen atoms in total. The number of fused-ring (bicyclic) bond motifs is 1. The van der Waals surface area contributed by atoms with E-state index in [1.165, 1.54) is 0 Å². The number of nitrogens with zero attached hydrogens (tertiary/aromatic N) is 3. The fraction of sp³-hybridized carbons (Fsp3) is 0.520. The van der Waals surface area contributed by atoms with Crippen LogP contribution >= 0.6 is 0 Å². The second kappa shape index (κ2) is 8.06. The zero-order valence-electron chi connectivity index (χ0n) is 21.8. The number of carbonyl (C=O) groups excluding carboxylic acids is 1. The van der Waals surface area contributed by atoms with Crippen molar-refractivity contribution in [3.05, 3.63) is 53.2 Å². The Morgan fingerprint density at radius 2 is 1.97 bits per heavy atom. The lowest BCUT2D eigenvalue weighted by Crippen LogP contribution is -2.54. The maximum atomic E-state index is 12.8. The minimum absolute atomic E-state index is 0.0880. The summed E-state index contributed by atoms with van der Waals surface area (Å²) in [5.74, 6) is 1.47. The molecule has 0 radical (unpaired) electrons. The molecule has 2 aliphatic rings. The number of carbonyl (C=O) groups is 1. The van der Waals surface area contributed by atoms with Gasteiger partial charge in [-0.3, -0.25) is 0 Å². The number of pyridine rings is 1. The first kappa shape index (κ1) is 17.9. The highest BCUT2D eigenvalue weighted by atomic mass is 16.6. The van der Waals surface area contributed by atoms with Crippen LogP contribution in [0, 0.1) is 6.85 Å². The number of likely N-dealkylation sites (tertiary alicyclic amines) is 1. The van der Waals surface area contributed by atoms with E-state index in [0.29, 0.717) is 25.5 Å². The summed E-state index contributed by atoms with van der Waals surface area (Å²) in [5, 5.41) is 0. The van der Waals surface area contributed by atoms with Crippen molar-refractivity contribution in [3.8, 4) is 5.75 Å². The third kappa shape index (κ3) is 4.48. The molecule has 1 fully saturated rings. The van der Waals surface area contributed by atoms with Crippen molar-refractivity contribution in [1.29, 1.82) is 0 Å². The standard InChI is InChI=1S/C25H33N3O3/c1-18-6-9-20-12-13-25(14-15-27(17-25)23(29)31-24(2,3)4)28(22(20)26-18)16-19-7-10-21(30-5)11-8-19/h6-11H,12-17H2,1-5H3/i1D3. The minimum Gasteiger partial charge on any atom is -0.497 e. The van der Waals surface area contributed by atoms with Crippen LogP contribution in [0.3, 0.4) is 0 Å². The van der Waals surface area contributed by atoms with Crippen molar-refractivity contribution >= 4 is 11.9 Å². The number of benzene rings is 1. The maximum absolute atomic E-state index is 12.8. The Kier molecular flexibility index (Phi) is 4.65. The third-order valence-electron chi connectivity index (χ3n) is 6.13. The minimum atomic E-state index is -2.29. The molecule has 2 aliphatic heterocycles. The van der Waals surface area contributed by atoms with Gasteiger partial charge in [-0.25, -0.2) is 9.78 Å². The van der Waals surface area contributed by atoms with Gasteiger partial charge in [-0.1, -0.05) is 18.2 Å². The number of rotatable bonds is 3. The van der Waals surface area contributed by atoms with Crippen LogP contribution in [0.2, 0.25) is 0 Å². The van der Waals surface area contributed by atoms with E-state index in [9.17, 15) is 4.79 Å². The van der Waals surface area contributed by atoms with Gasteiger partial charge in [-0.2, -0.15) is 0 Å². The third-order valence-corrected chi connectivity index (χ3v) is 6.13. The van der Waals surface area contributed by atoms with Crippen molar-refractivity contribution in [2.75, 3.05) is 25.1 Å². The highest BCUT2D eigenvalue weighted by Gasteiger charge is 2.48. The van der Waals surface area contributed by atoms with Gasteiger partial charge in [-0.15, -0.1) is 0 Å². The van der Waals surface area contributed by atoms with Gasteiger partial charge in [0.1, 0.15) is 17.2 Å². The van der Waals surface area contributed by atoms with E-state index in [0.717, 1.165) is 36.1 Å². The molecule has 3 heterocycles. The molecule has 4 rings (SSSR count). The maximum Gasteiger partial charge on any atom is 0.410 e. The quantitative estimate of drug-likeness (QED) is 0.710. The SMILES string of the molecule is [2H]C([2H])([2H])c1ccc2c(n1)N(Cc1ccc(OC)cc1)C1(CC2)CCN(C(=O)OC(C)(C)C)C1. The van der Waals surface area contributed by atoms with Crippen LogP contribution in [-0.2, 0) is 17.7 Å². The van der Waals surface area contributed by atoms with Crippen molar-refractivity contribution in [2.45, 2.75) is 64.6 Å². The van der Waals surface area contributed by atoms with Gasteiger partial charge in [0.05, 0.1) is 12.6 Å². The molecule has 1 amide bonds. The topological polar surface area (TPSA) is 54.9 Å². The lowest BCUT2D eigenvalue weighted by molar-refractivity contribution is 0.0282.